The van der Waals surface area contributed by atoms with Crippen LogP contribution in [0.15, 0.2) is 0 Å². The third-order valence-corrected chi connectivity index (χ3v) is 0.677. The van der Waals surface area contributed by atoms with Crippen molar-refractivity contribution in [1.82, 2.24) is 0 Å². The molecule has 0 spiro atoms. The number of rotatable bonds is 3. The summed E-state index contributed by atoms with van der Waals surface area (Å²) in [6, 6.07) is -1.54. The van der Waals surface area contributed by atoms with Gasteiger partial charge in [0.1, 0.15) is 0 Å². The van der Waals surface area contributed by atoms with Gasteiger partial charge in [0.15, 0.2) is 0 Å². The van der Waals surface area contributed by atoms with Gasteiger partial charge in [0.05, 0.1) is 0 Å². The van der Waals surface area contributed by atoms with Crippen LogP contribution in [0.2, 0.25) is 0 Å². The van der Waals surface area contributed by atoms with E-state index in [1.807, 2.05) is 0 Å². The summed E-state index contributed by atoms with van der Waals surface area (Å²) >= 11 is 0. The van der Waals surface area contributed by atoms with Crippen LogP contribution in [-0.4, -0.2) is 28.2 Å². The minimum absolute atomic E-state index is 0. The monoisotopic (exact) mass is 359 g/mol. The summed E-state index contributed by atoms with van der Waals surface area (Å²) in [5.74, 6) is -2.67. The average Bonchev–Trinajstić information content (AvgIpc) is 1.63. The van der Waals surface area contributed by atoms with Crippen LogP contribution in [0.25, 0.3) is 5.73 Å². The SMILES string of the molecule is [Ac].[NH-]C(CC(=O)O)C(=O)O. The smallest absolute Gasteiger partial charge is 0.302 e. The van der Waals surface area contributed by atoms with E-state index in [-0.39, 0.29) is 44.1 Å². The summed E-state index contributed by atoms with van der Waals surface area (Å²) in [5.41, 5.74) is 6.58. The number of carboxylic acid groups (broad SMARTS) is 2. The molecule has 0 aromatic heterocycles. The van der Waals surface area contributed by atoms with Crippen LogP contribution in [0.5, 0.6) is 0 Å². The molecule has 0 saturated carbocycles. The molecular weight excluding hydrogens is 353 g/mol. The third-order valence-electron chi connectivity index (χ3n) is 0.677. The number of hydrogen-bond acceptors (Lipinski definition) is 2. The van der Waals surface area contributed by atoms with Crippen LogP contribution in [0.4, 0.5) is 0 Å². The van der Waals surface area contributed by atoms with Gasteiger partial charge in [0, 0.05) is 50.5 Å². The second kappa shape index (κ2) is 6.08. The molecule has 6 heteroatoms. The van der Waals surface area contributed by atoms with Crippen molar-refractivity contribution in [2.45, 2.75) is 12.5 Å². The number of carbonyl (C=O) groups is 2. The molecule has 0 bridgehead atoms. The van der Waals surface area contributed by atoms with Crippen molar-refractivity contribution >= 4 is 11.9 Å². The maximum atomic E-state index is 9.78. The van der Waals surface area contributed by atoms with Crippen LogP contribution in [-0.2, 0) is 9.59 Å². The molecule has 0 aromatic rings. The fraction of sp³-hybridized carbons (Fsp3) is 0.500. The van der Waals surface area contributed by atoms with Gasteiger partial charge < -0.3 is 15.9 Å². The van der Waals surface area contributed by atoms with E-state index < -0.39 is 24.4 Å². The van der Waals surface area contributed by atoms with Crippen molar-refractivity contribution in [1.29, 1.82) is 0 Å². The summed E-state index contributed by atoms with van der Waals surface area (Å²) in [6.07, 6.45) is -0.644. The second-order valence-electron chi connectivity index (χ2n) is 1.49. The summed E-state index contributed by atoms with van der Waals surface area (Å²) in [6.45, 7) is 0. The van der Waals surface area contributed by atoms with Gasteiger partial charge in [-0.25, -0.2) is 0 Å². The van der Waals surface area contributed by atoms with E-state index in [2.05, 4.69) is 0 Å². The maximum absolute atomic E-state index is 9.78. The Morgan fingerprint density at radius 3 is 1.90 bits per heavy atom. The van der Waals surface area contributed by atoms with Gasteiger partial charge in [-0.05, 0) is 6.04 Å². The normalized spacial score (nSPS) is 11.3. The summed E-state index contributed by atoms with van der Waals surface area (Å²) < 4.78 is 0. The Balaban J connectivity index is 0. The molecule has 0 aliphatic carbocycles. The van der Waals surface area contributed by atoms with Gasteiger partial charge in [-0.15, -0.1) is 0 Å². The zero-order chi connectivity index (χ0) is 7.44. The van der Waals surface area contributed by atoms with E-state index in [0.717, 1.165) is 0 Å². The molecule has 0 aliphatic rings. The minimum Gasteiger partial charge on any atom is -0.665 e. The van der Waals surface area contributed by atoms with Gasteiger partial charge in [-0.2, -0.15) is 0 Å². The van der Waals surface area contributed by atoms with E-state index in [4.69, 9.17) is 15.9 Å². The number of nitrogens with one attached hydrogen (secondary N) is 1. The first-order valence-corrected chi connectivity index (χ1v) is 2.19. The molecule has 3 N–H and O–H groups in total. The first kappa shape index (κ1) is 13.0. The fourth-order valence-corrected chi connectivity index (χ4v) is 0.262. The zero-order valence-electron chi connectivity index (χ0n) is 5.07. The van der Waals surface area contributed by atoms with Crippen molar-refractivity contribution in [3.05, 3.63) is 5.73 Å². The molecule has 0 heterocycles. The van der Waals surface area contributed by atoms with Crippen LogP contribution in [0.3, 0.4) is 0 Å². The molecule has 10 heavy (non-hydrogen) atoms. The molecule has 55 valence electrons. The minimum atomic E-state index is -1.54. The molecule has 0 amide bonds. The largest absolute Gasteiger partial charge is 0.665 e. The summed E-state index contributed by atoms with van der Waals surface area (Å²) in [5, 5.41) is 15.9. The van der Waals surface area contributed by atoms with Gasteiger partial charge in [0.25, 0.3) is 5.97 Å². The second-order valence-corrected chi connectivity index (χ2v) is 1.49. The van der Waals surface area contributed by atoms with Gasteiger partial charge in [-0.3, -0.25) is 9.59 Å². The Morgan fingerprint density at radius 2 is 1.80 bits per heavy atom. The molecule has 5 nitrogen and oxygen atoms in total. The first-order valence-electron chi connectivity index (χ1n) is 2.19. The third kappa shape index (κ3) is 6.46. The van der Waals surface area contributed by atoms with Crippen LogP contribution in [0, 0.1) is 44.1 Å². The molecule has 0 aliphatic heterocycles. The van der Waals surface area contributed by atoms with Crippen LogP contribution >= 0.6 is 0 Å². The number of carboxylic acids is 2. The maximum Gasteiger partial charge on any atom is 0.302 e. The Bertz CT molecular complexity index is 137. The molecule has 1 radical (unpaired) electrons. The van der Waals surface area contributed by atoms with Crippen molar-refractivity contribution in [2.75, 3.05) is 0 Å². The van der Waals surface area contributed by atoms with E-state index in [1.165, 1.54) is 0 Å². The predicted molar refractivity (Wildman–Crippen MR) is 28.0 cm³/mol. The molecule has 0 fully saturated rings. The molecule has 1 unspecified atom stereocenters. The first-order chi connectivity index (χ1) is 4.04. The molecule has 0 aromatic carbocycles. The predicted octanol–water partition coefficient (Wildman–Crippen LogP) is -0.0335. The van der Waals surface area contributed by atoms with Crippen molar-refractivity contribution in [2.24, 2.45) is 0 Å². The Kier molecular flexibility index (Phi) is 7.88. The molecular formula is C4H6AcNO4-. The van der Waals surface area contributed by atoms with Crippen molar-refractivity contribution in [3.8, 4) is 0 Å². The molecule has 0 rings (SSSR count). The van der Waals surface area contributed by atoms with Crippen molar-refractivity contribution < 1.29 is 63.9 Å². The molecule has 1 atom stereocenters. The van der Waals surface area contributed by atoms with E-state index in [0.29, 0.717) is 0 Å². The Hall–Kier alpha value is 0.342. The fourth-order valence-electron chi connectivity index (χ4n) is 0.262. The summed E-state index contributed by atoms with van der Waals surface area (Å²) in [7, 11) is 0. The van der Waals surface area contributed by atoms with Crippen LogP contribution in [0.1, 0.15) is 6.42 Å². The zero-order valence-corrected chi connectivity index (χ0v) is 9.82. The standard InChI is InChI=1S/C4H6NO4.Ac/c5-2(4(8)9)1-3(6)7;/h2,5H,1H2,(H,6,7)(H,8,9);/q-1;. The number of aliphatic carboxylic acids is 2. The van der Waals surface area contributed by atoms with E-state index in [9.17, 15) is 9.59 Å². The number of hydrogen-bond donors (Lipinski definition) is 2. The van der Waals surface area contributed by atoms with Gasteiger partial charge in [-0.1, -0.05) is 0 Å². The Labute approximate surface area is 93.1 Å². The van der Waals surface area contributed by atoms with Gasteiger partial charge in [0.2, 0.25) is 0 Å². The quantitative estimate of drug-likeness (QED) is 0.739. The van der Waals surface area contributed by atoms with Gasteiger partial charge >= 0.3 is 5.97 Å². The van der Waals surface area contributed by atoms with E-state index >= 15 is 0 Å². The topological polar surface area (TPSA) is 98.4 Å². The van der Waals surface area contributed by atoms with E-state index in [1.54, 1.807) is 0 Å². The average molecular weight is 359 g/mol. The van der Waals surface area contributed by atoms with Crippen molar-refractivity contribution in [3.63, 3.8) is 0 Å². The molecule has 0 saturated heterocycles. The summed E-state index contributed by atoms with van der Waals surface area (Å²) in [4.78, 5) is 19.5. The van der Waals surface area contributed by atoms with Crippen LogP contribution < -0.4 is 0 Å². The Morgan fingerprint density at radius 1 is 1.40 bits per heavy atom.